The summed E-state index contributed by atoms with van der Waals surface area (Å²) in [5.41, 5.74) is 13.4. The van der Waals surface area contributed by atoms with E-state index in [1.807, 2.05) is 18.3 Å². The molecule has 3 aromatic heterocycles. The summed E-state index contributed by atoms with van der Waals surface area (Å²) in [4.78, 5) is 4.93. The fourth-order valence-corrected chi connectivity index (χ4v) is 8.36. The molecule has 0 fully saturated rings. The van der Waals surface area contributed by atoms with Crippen LogP contribution in [0.25, 0.3) is 72.3 Å². The second-order valence-corrected chi connectivity index (χ2v) is 18.0. The molecule has 0 spiro atoms. The van der Waals surface area contributed by atoms with Gasteiger partial charge in [-0.15, -0.1) is 0 Å². The summed E-state index contributed by atoms with van der Waals surface area (Å²) in [6, 6.07) is 62.3. The lowest BCUT2D eigenvalue weighted by Crippen LogP contribution is -2.30. The molecular formula is C56H48N4O. The van der Waals surface area contributed by atoms with Crippen LogP contribution in [0.3, 0.4) is 0 Å². The summed E-state index contributed by atoms with van der Waals surface area (Å²) in [5.74, 6) is 2.36. The average molecular weight is 793 g/mol. The minimum absolute atomic E-state index is 0.0282. The largest absolute Gasteiger partial charge is 0.458 e. The molecule has 7 aromatic carbocycles. The first-order valence-corrected chi connectivity index (χ1v) is 21.0. The third kappa shape index (κ3) is 7.16. The van der Waals surface area contributed by atoms with Gasteiger partial charge in [0.1, 0.15) is 17.3 Å². The van der Waals surface area contributed by atoms with E-state index < -0.39 is 0 Å². The summed E-state index contributed by atoms with van der Waals surface area (Å²) in [7, 11) is 0. The highest BCUT2D eigenvalue weighted by atomic mass is 16.5. The van der Waals surface area contributed by atoms with Gasteiger partial charge in [-0.1, -0.05) is 145 Å². The van der Waals surface area contributed by atoms with E-state index in [1.54, 1.807) is 0 Å². The number of nitrogens with zero attached hydrogens (tertiary/aromatic N) is 4. The minimum atomic E-state index is -0.0421. The maximum atomic E-state index is 6.76. The second-order valence-electron chi connectivity index (χ2n) is 18.0. The Balaban J connectivity index is 1.06. The van der Waals surface area contributed by atoms with Crippen LogP contribution in [0.15, 0.2) is 182 Å². The van der Waals surface area contributed by atoms with Crippen molar-refractivity contribution in [3.05, 3.63) is 200 Å². The summed E-state index contributed by atoms with van der Waals surface area (Å²) >= 11 is 0. The third-order valence-corrected chi connectivity index (χ3v) is 11.7. The maximum absolute atomic E-state index is 6.76. The molecule has 0 saturated carbocycles. The number of hydrogen-bond donors (Lipinski definition) is 0. The SMILES string of the molecule is CC(C)(C)c1cc(-c2ccccc2)cc(-[n+]2[c-]n(-c3cccc(Oc4ccc5c6cc(-c7ccccc7)ccc6n(-c6cc(C(C)(C)C)ccn6)c5c4)c3)c3ccccc32)c1. The predicted octanol–water partition coefficient (Wildman–Crippen LogP) is 13.9. The summed E-state index contributed by atoms with van der Waals surface area (Å²) in [6.45, 7) is 13.5. The lowest BCUT2D eigenvalue weighted by molar-refractivity contribution is -0.572. The average Bonchev–Trinajstić information content (AvgIpc) is 3.82. The lowest BCUT2D eigenvalue weighted by atomic mass is 9.85. The van der Waals surface area contributed by atoms with Gasteiger partial charge in [0, 0.05) is 23.0 Å². The van der Waals surface area contributed by atoms with Gasteiger partial charge in [0.05, 0.1) is 33.4 Å². The number of fused-ring (bicyclic) bond motifs is 4. The van der Waals surface area contributed by atoms with Crippen molar-refractivity contribution in [1.82, 2.24) is 14.1 Å². The fraction of sp³-hybridized carbons (Fsp3) is 0.143. The molecule has 0 N–H and O–H groups in total. The zero-order chi connectivity index (χ0) is 41.9. The van der Waals surface area contributed by atoms with E-state index in [4.69, 9.17) is 9.72 Å². The molecule has 0 aliphatic rings. The van der Waals surface area contributed by atoms with Crippen LogP contribution in [0, 0.1) is 6.33 Å². The molecule has 0 bridgehead atoms. The number of pyridine rings is 1. The van der Waals surface area contributed by atoms with Crippen molar-refractivity contribution in [2.75, 3.05) is 0 Å². The van der Waals surface area contributed by atoms with Crippen molar-refractivity contribution in [1.29, 1.82) is 0 Å². The summed E-state index contributed by atoms with van der Waals surface area (Å²) < 4.78 is 13.3. The van der Waals surface area contributed by atoms with Crippen LogP contribution in [-0.4, -0.2) is 14.1 Å². The standard InChI is InChI=1S/C56H48N4O/c1-55(2,3)42-28-29-57-54(34-42)60-50-27-24-40(38-16-9-7-10-17-38)32-49(50)48-26-25-47(36-53(48)60)61-46-21-15-20-44(35-46)58-37-59(52-23-14-13-22-51(52)58)45-31-41(39-18-11-8-12-19-39)30-43(33-45)56(4,5)6/h7-36H,1-6H3. The predicted molar refractivity (Wildman–Crippen MR) is 251 cm³/mol. The molecule has 0 aliphatic carbocycles. The molecule has 298 valence electrons. The highest BCUT2D eigenvalue weighted by Gasteiger charge is 2.21. The number of hydrogen-bond acceptors (Lipinski definition) is 2. The highest BCUT2D eigenvalue weighted by molar-refractivity contribution is 6.10. The Hall–Kier alpha value is -7.24. The Morgan fingerprint density at radius 1 is 0.492 bits per heavy atom. The van der Waals surface area contributed by atoms with Crippen LogP contribution in [0.2, 0.25) is 0 Å². The Morgan fingerprint density at radius 3 is 1.95 bits per heavy atom. The van der Waals surface area contributed by atoms with Gasteiger partial charge in [0.2, 0.25) is 0 Å². The van der Waals surface area contributed by atoms with Gasteiger partial charge in [-0.05, 0) is 111 Å². The normalized spacial score (nSPS) is 12.1. The van der Waals surface area contributed by atoms with Gasteiger partial charge in [-0.25, -0.2) is 4.98 Å². The molecule has 10 aromatic rings. The topological polar surface area (TPSA) is 35.9 Å². The summed E-state index contributed by atoms with van der Waals surface area (Å²) in [5, 5.41) is 2.31. The van der Waals surface area contributed by atoms with E-state index in [-0.39, 0.29) is 10.8 Å². The highest BCUT2D eigenvalue weighted by Crippen LogP contribution is 2.38. The lowest BCUT2D eigenvalue weighted by Gasteiger charge is -2.22. The fourth-order valence-electron chi connectivity index (χ4n) is 8.36. The maximum Gasteiger partial charge on any atom is 0.269 e. The van der Waals surface area contributed by atoms with E-state index >= 15 is 0 Å². The van der Waals surface area contributed by atoms with Gasteiger partial charge in [0.25, 0.3) is 6.33 Å². The molecule has 0 atom stereocenters. The van der Waals surface area contributed by atoms with Crippen LogP contribution in [0.5, 0.6) is 11.5 Å². The minimum Gasteiger partial charge on any atom is -0.458 e. The van der Waals surface area contributed by atoms with Crippen molar-refractivity contribution >= 4 is 32.8 Å². The van der Waals surface area contributed by atoms with Gasteiger partial charge in [-0.3, -0.25) is 13.7 Å². The van der Waals surface area contributed by atoms with Crippen LogP contribution >= 0.6 is 0 Å². The van der Waals surface area contributed by atoms with Gasteiger partial charge < -0.3 is 4.74 Å². The molecule has 0 saturated heterocycles. The molecule has 5 nitrogen and oxygen atoms in total. The van der Waals surface area contributed by atoms with Crippen molar-refractivity contribution in [3.63, 3.8) is 0 Å². The van der Waals surface area contributed by atoms with Crippen LogP contribution < -0.4 is 9.30 Å². The van der Waals surface area contributed by atoms with E-state index in [1.165, 1.54) is 38.8 Å². The van der Waals surface area contributed by atoms with E-state index in [9.17, 15) is 0 Å². The van der Waals surface area contributed by atoms with Crippen molar-refractivity contribution in [2.45, 2.75) is 52.4 Å². The van der Waals surface area contributed by atoms with Crippen LogP contribution in [-0.2, 0) is 10.8 Å². The Morgan fingerprint density at radius 2 is 1.20 bits per heavy atom. The smallest absolute Gasteiger partial charge is 0.269 e. The molecular weight excluding hydrogens is 745 g/mol. The Kier molecular flexibility index (Phi) is 9.21. The quantitative estimate of drug-likeness (QED) is 0.119. The van der Waals surface area contributed by atoms with E-state index in [0.717, 1.165) is 56.1 Å². The van der Waals surface area contributed by atoms with Crippen LogP contribution in [0.1, 0.15) is 52.7 Å². The van der Waals surface area contributed by atoms with Gasteiger partial charge in [0.15, 0.2) is 0 Å². The first-order chi connectivity index (χ1) is 29.5. The van der Waals surface area contributed by atoms with Crippen LogP contribution in [0.4, 0.5) is 0 Å². The van der Waals surface area contributed by atoms with Crippen molar-refractivity contribution in [3.8, 4) is 50.9 Å². The molecule has 5 heteroatoms. The monoisotopic (exact) mass is 792 g/mol. The number of ether oxygens (including phenoxy) is 1. The third-order valence-electron chi connectivity index (χ3n) is 11.7. The molecule has 0 unspecified atom stereocenters. The number of imidazole rings is 1. The number of benzene rings is 7. The first kappa shape index (κ1) is 38.0. The molecule has 0 amide bonds. The Bertz CT molecular complexity index is 3230. The molecule has 10 rings (SSSR count). The van der Waals surface area contributed by atoms with Crippen molar-refractivity contribution < 1.29 is 9.30 Å². The second kappa shape index (κ2) is 14.8. The molecule has 61 heavy (non-hydrogen) atoms. The zero-order valence-electron chi connectivity index (χ0n) is 35.5. The van der Waals surface area contributed by atoms with Gasteiger partial charge in [-0.2, -0.15) is 0 Å². The summed E-state index contributed by atoms with van der Waals surface area (Å²) in [6.07, 6.45) is 5.66. The Labute approximate surface area is 357 Å². The van der Waals surface area contributed by atoms with E-state index in [2.05, 4.69) is 225 Å². The molecule has 0 aliphatic heterocycles. The first-order valence-electron chi connectivity index (χ1n) is 21.0. The number of aromatic nitrogens is 4. The molecule has 0 radical (unpaired) electrons. The number of rotatable bonds is 7. The molecule has 3 heterocycles. The number of para-hydroxylation sites is 2. The van der Waals surface area contributed by atoms with Gasteiger partial charge >= 0.3 is 0 Å². The van der Waals surface area contributed by atoms with Crippen molar-refractivity contribution in [2.24, 2.45) is 0 Å². The van der Waals surface area contributed by atoms with E-state index in [0.29, 0.717) is 0 Å². The zero-order valence-corrected chi connectivity index (χ0v) is 35.5.